The van der Waals surface area contributed by atoms with Crippen molar-refractivity contribution < 1.29 is 9.53 Å². The van der Waals surface area contributed by atoms with E-state index in [0.29, 0.717) is 0 Å². The lowest BCUT2D eigenvalue weighted by Crippen LogP contribution is -2.46. The highest BCUT2D eigenvalue weighted by atomic mass is 16.5. The number of methoxy groups -OCH3 is 1. The van der Waals surface area contributed by atoms with E-state index in [-0.39, 0.29) is 12.0 Å². The van der Waals surface area contributed by atoms with E-state index in [2.05, 4.69) is 17.1 Å². The molecule has 0 radical (unpaired) electrons. The van der Waals surface area contributed by atoms with Crippen molar-refractivity contribution in [1.29, 1.82) is 0 Å². The minimum atomic E-state index is -0.176. The normalized spacial score (nSPS) is 22.6. The maximum Gasteiger partial charge on any atom is 0.324 e. The van der Waals surface area contributed by atoms with Gasteiger partial charge in [0, 0.05) is 13.1 Å². The highest BCUT2D eigenvalue weighted by molar-refractivity contribution is 5.75. The third-order valence-electron chi connectivity index (χ3n) is 3.44. The third kappa shape index (κ3) is 4.64. The van der Waals surface area contributed by atoms with Gasteiger partial charge in [-0.15, -0.1) is 0 Å². The van der Waals surface area contributed by atoms with Gasteiger partial charge in [0.15, 0.2) is 0 Å². The zero-order chi connectivity index (χ0) is 12.7. The molecule has 2 atom stereocenters. The second kappa shape index (κ2) is 7.67. The summed E-state index contributed by atoms with van der Waals surface area (Å²) >= 11 is 0. The molecule has 1 rings (SSSR count). The average molecular weight is 242 g/mol. The molecule has 1 saturated heterocycles. The predicted octanol–water partition coefficient (Wildman–Crippen LogP) is 1.26. The van der Waals surface area contributed by atoms with Crippen LogP contribution in [0.3, 0.4) is 0 Å². The Morgan fingerprint density at radius 3 is 2.88 bits per heavy atom. The Bertz CT molecular complexity index is 233. The SMILES string of the molecule is CCCC1CCN(CC(NCC)C(=O)OC)C1. The number of esters is 1. The molecule has 0 aliphatic carbocycles. The lowest BCUT2D eigenvalue weighted by molar-refractivity contribution is -0.143. The molecule has 0 aromatic heterocycles. The highest BCUT2D eigenvalue weighted by Gasteiger charge is 2.27. The maximum atomic E-state index is 11.6. The van der Waals surface area contributed by atoms with Crippen molar-refractivity contribution in [1.82, 2.24) is 10.2 Å². The standard InChI is InChI=1S/C13H26N2O2/c1-4-6-11-7-8-15(9-11)10-12(14-5-2)13(16)17-3/h11-12,14H,4-10H2,1-3H3. The van der Waals surface area contributed by atoms with Crippen LogP contribution in [-0.2, 0) is 9.53 Å². The molecule has 4 nitrogen and oxygen atoms in total. The Balaban J connectivity index is 2.37. The van der Waals surface area contributed by atoms with E-state index in [1.54, 1.807) is 0 Å². The van der Waals surface area contributed by atoms with Crippen LogP contribution in [0.5, 0.6) is 0 Å². The number of nitrogens with zero attached hydrogens (tertiary/aromatic N) is 1. The fourth-order valence-corrected chi connectivity index (χ4v) is 2.59. The minimum Gasteiger partial charge on any atom is -0.468 e. The van der Waals surface area contributed by atoms with E-state index in [1.807, 2.05) is 6.92 Å². The smallest absolute Gasteiger partial charge is 0.324 e. The molecule has 1 fully saturated rings. The van der Waals surface area contributed by atoms with Crippen LogP contribution >= 0.6 is 0 Å². The van der Waals surface area contributed by atoms with Crippen LogP contribution in [0.2, 0.25) is 0 Å². The Hall–Kier alpha value is -0.610. The molecular formula is C13H26N2O2. The Kier molecular flexibility index (Phi) is 6.52. The van der Waals surface area contributed by atoms with Gasteiger partial charge in [0.1, 0.15) is 6.04 Å². The number of hydrogen-bond acceptors (Lipinski definition) is 4. The summed E-state index contributed by atoms with van der Waals surface area (Å²) in [7, 11) is 1.45. The third-order valence-corrected chi connectivity index (χ3v) is 3.44. The summed E-state index contributed by atoms with van der Waals surface area (Å²) in [6.07, 6.45) is 3.83. The van der Waals surface area contributed by atoms with Gasteiger partial charge in [-0.1, -0.05) is 20.3 Å². The van der Waals surface area contributed by atoms with Crippen LogP contribution in [0.1, 0.15) is 33.1 Å². The Morgan fingerprint density at radius 2 is 2.29 bits per heavy atom. The summed E-state index contributed by atoms with van der Waals surface area (Å²) in [5.41, 5.74) is 0. The lowest BCUT2D eigenvalue weighted by Gasteiger charge is -2.22. The van der Waals surface area contributed by atoms with Gasteiger partial charge in [0.25, 0.3) is 0 Å². The van der Waals surface area contributed by atoms with Gasteiger partial charge < -0.3 is 15.0 Å². The van der Waals surface area contributed by atoms with Crippen molar-refractivity contribution in [3.8, 4) is 0 Å². The van der Waals surface area contributed by atoms with Gasteiger partial charge >= 0.3 is 5.97 Å². The first-order chi connectivity index (χ1) is 8.21. The minimum absolute atomic E-state index is 0.147. The molecule has 1 N–H and O–H groups in total. The molecule has 2 unspecified atom stereocenters. The van der Waals surface area contributed by atoms with Gasteiger partial charge in [-0.25, -0.2) is 0 Å². The second-order valence-electron chi connectivity index (χ2n) is 4.84. The van der Waals surface area contributed by atoms with E-state index in [9.17, 15) is 4.79 Å². The van der Waals surface area contributed by atoms with Gasteiger partial charge in [0.2, 0.25) is 0 Å². The molecule has 4 heteroatoms. The number of ether oxygens (including phenoxy) is 1. The summed E-state index contributed by atoms with van der Waals surface area (Å²) < 4.78 is 4.82. The molecule has 0 aromatic carbocycles. The number of likely N-dealkylation sites (tertiary alicyclic amines) is 1. The zero-order valence-corrected chi connectivity index (χ0v) is 11.4. The molecule has 100 valence electrons. The maximum absolute atomic E-state index is 11.6. The number of carbonyl (C=O) groups excluding carboxylic acids is 1. The van der Waals surface area contributed by atoms with Crippen LogP contribution in [0.15, 0.2) is 0 Å². The molecule has 1 aliphatic heterocycles. The van der Waals surface area contributed by atoms with E-state index >= 15 is 0 Å². The molecule has 0 spiro atoms. The molecular weight excluding hydrogens is 216 g/mol. The first kappa shape index (κ1) is 14.5. The summed E-state index contributed by atoms with van der Waals surface area (Å²) in [6.45, 7) is 8.07. The topological polar surface area (TPSA) is 41.6 Å². The van der Waals surface area contributed by atoms with E-state index in [4.69, 9.17) is 4.74 Å². The first-order valence-electron chi connectivity index (χ1n) is 6.74. The number of carbonyl (C=O) groups is 1. The number of rotatable bonds is 7. The molecule has 1 heterocycles. The van der Waals surface area contributed by atoms with Crippen LogP contribution in [-0.4, -0.2) is 50.2 Å². The van der Waals surface area contributed by atoms with E-state index < -0.39 is 0 Å². The molecule has 0 bridgehead atoms. The van der Waals surface area contributed by atoms with Crippen molar-refractivity contribution in [2.24, 2.45) is 5.92 Å². The fraction of sp³-hybridized carbons (Fsp3) is 0.923. The van der Waals surface area contributed by atoms with Gasteiger partial charge in [-0.3, -0.25) is 4.79 Å². The lowest BCUT2D eigenvalue weighted by atomic mass is 10.0. The van der Waals surface area contributed by atoms with Gasteiger partial charge in [0.05, 0.1) is 7.11 Å². The Labute approximate surface area is 105 Å². The molecule has 0 aromatic rings. The monoisotopic (exact) mass is 242 g/mol. The summed E-state index contributed by atoms with van der Waals surface area (Å²) in [5, 5.41) is 3.19. The molecule has 0 amide bonds. The van der Waals surface area contributed by atoms with Crippen LogP contribution in [0, 0.1) is 5.92 Å². The molecule has 0 saturated carbocycles. The Morgan fingerprint density at radius 1 is 1.53 bits per heavy atom. The number of hydrogen-bond donors (Lipinski definition) is 1. The van der Waals surface area contributed by atoms with Crippen LogP contribution in [0.4, 0.5) is 0 Å². The summed E-state index contributed by atoms with van der Waals surface area (Å²) in [6, 6.07) is -0.176. The van der Waals surface area contributed by atoms with Crippen LogP contribution in [0.25, 0.3) is 0 Å². The van der Waals surface area contributed by atoms with Gasteiger partial charge in [-0.2, -0.15) is 0 Å². The molecule has 17 heavy (non-hydrogen) atoms. The largest absolute Gasteiger partial charge is 0.468 e. The number of nitrogens with one attached hydrogen (secondary N) is 1. The van der Waals surface area contributed by atoms with Gasteiger partial charge in [-0.05, 0) is 31.8 Å². The van der Waals surface area contributed by atoms with E-state index in [1.165, 1.54) is 26.4 Å². The van der Waals surface area contributed by atoms with Crippen molar-refractivity contribution in [2.45, 2.75) is 39.2 Å². The summed E-state index contributed by atoms with van der Waals surface area (Å²) in [5.74, 6) is 0.672. The quantitative estimate of drug-likeness (QED) is 0.682. The first-order valence-corrected chi connectivity index (χ1v) is 6.74. The second-order valence-corrected chi connectivity index (χ2v) is 4.84. The number of likely N-dealkylation sites (N-methyl/N-ethyl adjacent to an activating group) is 1. The van der Waals surface area contributed by atoms with Crippen LogP contribution < -0.4 is 5.32 Å². The zero-order valence-electron chi connectivity index (χ0n) is 11.4. The van der Waals surface area contributed by atoms with Crippen molar-refractivity contribution in [2.75, 3.05) is 33.3 Å². The highest BCUT2D eigenvalue weighted by Crippen LogP contribution is 2.20. The predicted molar refractivity (Wildman–Crippen MR) is 68.9 cm³/mol. The summed E-state index contributed by atoms with van der Waals surface area (Å²) in [4.78, 5) is 14.0. The van der Waals surface area contributed by atoms with E-state index in [0.717, 1.165) is 32.1 Å². The average Bonchev–Trinajstić information content (AvgIpc) is 2.76. The molecule has 1 aliphatic rings. The van der Waals surface area contributed by atoms with Crippen molar-refractivity contribution >= 4 is 5.97 Å². The van der Waals surface area contributed by atoms with Crippen molar-refractivity contribution in [3.63, 3.8) is 0 Å². The van der Waals surface area contributed by atoms with Crippen molar-refractivity contribution in [3.05, 3.63) is 0 Å². The fourth-order valence-electron chi connectivity index (χ4n) is 2.59.